The van der Waals surface area contributed by atoms with E-state index in [1.165, 1.54) is 18.3 Å². The molecule has 0 saturated heterocycles. The van der Waals surface area contributed by atoms with E-state index < -0.39 is 23.2 Å². The lowest BCUT2D eigenvalue weighted by Crippen LogP contribution is -2.21. The summed E-state index contributed by atoms with van der Waals surface area (Å²) < 4.78 is 28.9. The molecule has 128 valence electrons. The molecule has 4 nitrogen and oxygen atoms in total. The van der Waals surface area contributed by atoms with Crippen molar-refractivity contribution < 1.29 is 13.6 Å². The first-order valence-corrected chi connectivity index (χ1v) is 7.71. The van der Waals surface area contributed by atoms with E-state index in [-0.39, 0.29) is 12.0 Å². The second kappa shape index (κ2) is 6.47. The summed E-state index contributed by atoms with van der Waals surface area (Å²) in [7, 11) is 0. The van der Waals surface area contributed by atoms with Crippen molar-refractivity contribution in [3.8, 4) is 0 Å². The van der Waals surface area contributed by atoms with Gasteiger partial charge in [0.05, 0.1) is 5.52 Å². The number of aryl methyl sites for hydroxylation is 2. The van der Waals surface area contributed by atoms with E-state index in [1.807, 2.05) is 19.9 Å². The minimum atomic E-state index is -0.843. The molecule has 0 bridgehead atoms. The molecule has 0 aliphatic heterocycles. The zero-order valence-electron chi connectivity index (χ0n) is 13.8. The highest BCUT2D eigenvalue weighted by Gasteiger charge is 2.14. The fourth-order valence-electron chi connectivity index (χ4n) is 2.90. The van der Waals surface area contributed by atoms with Gasteiger partial charge in [-0.2, -0.15) is 0 Å². The van der Waals surface area contributed by atoms with Crippen LogP contribution in [0.5, 0.6) is 0 Å². The van der Waals surface area contributed by atoms with E-state index in [0.29, 0.717) is 10.9 Å². The van der Waals surface area contributed by atoms with Crippen LogP contribution in [0.3, 0.4) is 0 Å². The number of rotatable bonds is 3. The van der Waals surface area contributed by atoms with Gasteiger partial charge in [-0.05, 0) is 43.2 Å². The molecule has 1 aromatic heterocycles. The fraction of sp³-hybridized carbons (Fsp3) is 0.158. The lowest BCUT2D eigenvalue weighted by atomic mass is 10.1. The van der Waals surface area contributed by atoms with Crippen LogP contribution in [-0.4, -0.2) is 10.5 Å². The molecule has 0 aliphatic rings. The van der Waals surface area contributed by atoms with E-state index in [4.69, 9.17) is 0 Å². The molecule has 3 rings (SSSR count). The number of fused-ring (bicyclic) bond motifs is 1. The molecule has 6 heteroatoms. The maximum Gasteiger partial charge on any atom is 0.244 e. The zero-order valence-corrected chi connectivity index (χ0v) is 13.8. The standard InChI is InChI=1S/C19H16F2N2O2/c1-11-8-12(2)18-15(9-11)23(7-6-16(18)24)10-17(25)22-19-13(20)4-3-5-14(19)21/h3-9H,10H2,1-2H3,(H,22,25). The molecule has 1 N–H and O–H groups in total. The van der Waals surface area contributed by atoms with Gasteiger partial charge in [-0.1, -0.05) is 12.1 Å². The van der Waals surface area contributed by atoms with Crippen molar-refractivity contribution in [2.45, 2.75) is 20.4 Å². The summed E-state index contributed by atoms with van der Waals surface area (Å²) in [6.07, 6.45) is 1.50. The van der Waals surface area contributed by atoms with Crippen molar-refractivity contribution in [1.29, 1.82) is 0 Å². The van der Waals surface area contributed by atoms with Crippen LogP contribution in [0.15, 0.2) is 47.4 Å². The van der Waals surface area contributed by atoms with Gasteiger partial charge in [0.2, 0.25) is 5.91 Å². The summed E-state index contributed by atoms with van der Waals surface area (Å²) in [6.45, 7) is 3.55. The number of hydrogen-bond donors (Lipinski definition) is 1. The molecule has 0 unspecified atom stereocenters. The Morgan fingerprint density at radius 2 is 1.80 bits per heavy atom. The fourth-order valence-corrected chi connectivity index (χ4v) is 2.90. The smallest absolute Gasteiger partial charge is 0.244 e. The molecule has 1 heterocycles. The van der Waals surface area contributed by atoms with Crippen molar-refractivity contribution >= 4 is 22.5 Å². The number of hydrogen-bond acceptors (Lipinski definition) is 2. The third-order valence-corrected chi connectivity index (χ3v) is 3.96. The zero-order chi connectivity index (χ0) is 18.1. The van der Waals surface area contributed by atoms with Crippen LogP contribution in [0, 0.1) is 25.5 Å². The van der Waals surface area contributed by atoms with Crippen molar-refractivity contribution in [2.75, 3.05) is 5.32 Å². The van der Waals surface area contributed by atoms with Crippen LogP contribution in [0.4, 0.5) is 14.5 Å². The minimum absolute atomic E-state index is 0.135. The molecular formula is C19H16F2N2O2. The Morgan fingerprint density at radius 1 is 1.12 bits per heavy atom. The number of aromatic nitrogens is 1. The van der Waals surface area contributed by atoms with Gasteiger partial charge in [0.1, 0.15) is 23.9 Å². The van der Waals surface area contributed by atoms with Crippen LogP contribution in [0.1, 0.15) is 11.1 Å². The Labute approximate surface area is 142 Å². The molecule has 25 heavy (non-hydrogen) atoms. The topological polar surface area (TPSA) is 51.1 Å². The largest absolute Gasteiger partial charge is 0.338 e. The summed E-state index contributed by atoms with van der Waals surface area (Å²) >= 11 is 0. The van der Waals surface area contributed by atoms with E-state index in [0.717, 1.165) is 23.3 Å². The molecule has 0 fully saturated rings. The molecule has 0 spiro atoms. The van der Waals surface area contributed by atoms with E-state index >= 15 is 0 Å². The molecule has 1 amide bonds. The van der Waals surface area contributed by atoms with Gasteiger partial charge >= 0.3 is 0 Å². The van der Waals surface area contributed by atoms with Gasteiger partial charge in [-0.15, -0.1) is 0 Å². The van der Waals surface area contributed by atoms with Crippen LogP contribution in [-0.2, 0) is 11.3 Å². The van der Waals surface area contributed by atoms with Gasteiger partial charge in [-0.25, -0.2) is 8.78 Å². The summed E-state index contributed by atoms with van der Waals surface area (Å²) in [5.74, 6) is -2.28. The molecule has 0 radical (unpaired) electrons. The van der Waals surface area contributed by atoms with Crippen molar-refractivity contribution in [2.24, 2.45) is 0 Å². The normalized spacial score (nSPS) is 10.9. The Bertz CT molecular complexity index is 1020. The Balaban J connectivity index is 1.97. The SMILES string of the molecule is Cc1cc(C)c2c(=O)ccn(CC(=O)Nc3c(F)cccc3F)c2c1. The number of carbonyl (C=O) groups excluding carboxylic acids is 1. The second-order valence-electron chi connectivity index (χ2n) is 5.93. The molecule has 0 saturated carbocycles. The molecule has 2 aromatic carbocycles. The van der Waals surface area contributed by atoms with Gasteiger partial charge in [-0.3, -0.25) is 9.59 Å². The van der Waals surface area contributed by atoms with Crippen LogP contribution in [0.2, 0.25) is 0 Å². The maximum absolute atomic E-state index is 13.7. The summed E-state index contributed by atoms with van der Waals surface area (Å²) in [6, 6.07) is 8.44. The highest BCUT2D eigenvalue weighted by atomic mass is 19.1. The maximum atomic E-state index is 13.7. The Hall–Kier alpha value is -3.02. The number of para-hydroxylation sites is 1. The van der Waals surface area contributed by atoms with E-state index in [2.05, 4.69) is 5.32 Å². The third kappa shape index (κ3) is 3.28. The molecule has 3 aromatic rings. The second-order valence-corrected chi connectivity index (χ2v) is 5.93. The lowest BCUT2D eigenvalue weighted by molar-refractivity contribution is -0.116. The number of nitrogens with one attached hydrogen (secondary N) is 1. The number of amides is 1. The quantitative estimate of drug-likeness (QED) is 0.792. The van der Waals surface area contributed by atoms with Gasteiger partial charge in [0.15, 0.2) is 5.43 Å². The number of nitrogens with zero attached hydrogens (tertiary/aromatic N) is 1. The first kappa shape index (κ1) is 16.8. The van der Waals surface area contributed by atoms with Crippen LogP contribution in [0.25, 0.3) is 10.9 Å². The van der Waals surface area contributed by atoms with Crippen molar-refractivity contribution in [1.82, 2.24) is 4.57 Å². The Kier molecular flexibility index (Phi) is 4.35. The first-order chi connectivity index (χ1) is 11.9. The number of pyridine rings is 1. The molecule has 0 aliphatic carbocycles. The predicted molar refractivity (Wildman–Crippen MR) is 92.7 cm³/mol. The highest BCUT2D eigenvalue weighted by molar-refractivity contribution is 5.92. The monoisotopic (exact) mass is 342 g/mol. The molecule has 0 atom stereocenters. The summed E-state index contributed by atoms with van der Waals surface area (Å²) in [5, 5.41) is 2.77. The van der Waals surface area contributed by atoms with Crippen molar-refractivity contribution in [3.63, 3.8) is 0 Å². The minimum Gasteiger partial charge on any atom is -0.338 e. The highest BCUT2D eigenvalue weighted by Crippen LogP contribution is 2.19. The summed E-state index contributed by atoms with van der Waals surface area (Å²) in [4.78, 5) is 24.4. The average Bonchev–Trinajstić information content (AvgIpc) is 2.53. The Morgan fingerprint density at radius 3 is 2.48 bits per heavy atom. The third-order valence-electron chi connectivity index (χ3n) is 3.96. The first-order valence-electron chi connectivity index (χ1n) is 7.71. The van der Waals surface area contributed by atoms with Gasteiger partial charge in [0, 0.05) is 17.6 Å². The summed E-state index contributed by atoms with van der Waals surface area (Å²) in [5.41, 5.74) is 1.75. The van der Waals surface area contributed by atoms with E-state index in [9.17, 15) is 18.4 Å². The van der Waals surface area contributed by atoms with E-state index in [1.54, 1.807) is 10.6 Å². The lowest BCUT2D eigenvalue weighted by Gasteiger charge is -2.13. The van der Waals surface area contributed by atoms with Crippen molar-refractivity contribution in [3.05, 3.63) is 75.6 Å². The molecular weight excluding hydrogens is 326 g/mol. The van der Waals surface area contributed by atoms with Crippen LogP contribution < -0.4 is 10.7 Å². The number of benzene rings is 2. The predicted octanol–water partition coefficient (Wildman–Crippen LogP) is 3.54. The number of carbonyl (C=O) groups is 1. The van der Waals surface area contributed by atoms with Crippen LogP contribution >= 0.6 is 0 Å². The number of anilines is 1. The van der Waals surface area contributed by atoms with Gasteiger partial charge in [0.25, 0.3) is 0 Å². The number of halogens is 2. The average molecular weight is 342 g/mol. The van der Waals surface area contributed by atoms with Gasteiger partial charge < -0.3 is 9.88 Å².